The van der Waals surface area contributed by atoms with Crippen molar-refractivity contribution < 1.29 is 4.74 Å². The zero-order valence-electron chi connectivity index (χ0n) is 9.42. The third kappa shape index (κ3) is 3.65. The third-order valence-corrected chi connectivity index (χ3v) is 2.84. The van der Waals surface area contributed by atoms with Crippen LogP contribution in [0.1, 0.15) is 39.5 Å². The lowest BCUT2D eigenvalue weighted by Crippen LogP contribution is -2.35. The Bertz CT molecular complexity index is 137. The minimum absolute atomic E-state index is 0.390. The van der Waals surface area contributed by atoms with Crippen molar-refractivity contribution in [3.8, 4) is 0 Å². The zero-order chi connectivity index (χ0) is 9.84. The molecule has 0 unspecified atom stereocenters. The van der Waals surface area contributed by atoms with Gasteiger partial charge < -0.3 is 9.64 Å². The molecule has 0 heterocycles. The number of rotatable bonds is 3. The molecule has 1 aliphatic rings. The maximum absolute atomic E-state index is 5.80. The van der Waals surface area contributed by atoms with Gasteiger partial charge in [0.1, 0.15) is 0 Å². The van der Waals surface area contributed by atoms with E-state index in [2.05, 4.69) is 32.8 Å². The van der Waals surface area contributed by atoms with Crippen molar-refractivity contribution in [2.75, 3.05) is 14.1 Å². The molecule has 0 saturated heterocycles. The van der Waals surface area contributed by atoms with Gasteiger partial charge in [0, 0.05) is 6.04 Å². The monoisotopic (exact) mass is 185 g/mol. The molecule has 0 N–H and O–H groups in total. The zero-order valence-corrected chi connectivity index (χ0v) is 9.42. The van der Waals surface area contributed by atoms with Crippen LogP contribution in [-0.2, 0) is 4.74 Å². The summed E-state index contributed by atoms with van der Waals surface area (Å²) < 4.78 is 5.80. The number of nitrogens with zero attached hydrogens (tertiary/aromatic N) is 1. The fourth-order valence-corrected chi connectivity index (χ4v) is 2.08. The minimum atomic E-state index is 0.390. The summed E-state index contributed by atoms with van der Waals surface area (Å²) in [5.74, 6) is 0. The first-order valence-electron chi connectivity index (χ1n) is 5.41. The standard InChI is InChI=1S/C11H23NO/c1-9(2)13-11-7-5-10(6-8-11)12(3)4/h9-11H,5-8H2,1-4H3/t10-,11+. The van der Waals surface area contributed by atoms with Crippen molar-refractivity contribution in [2.24, 2.45) is 0 Å². The Balaban J connectivity index is 2.22. The summed E-state index contributed by atoms with van der Waals surface area (Å²) in [4.78, 5) is 2.34. The lowest BCUT2D eigenvalue weighted by molar-refractivity contribution is -0.0224. The molecule has 1 fully saturated rings. The van der Waals surface area contributed by atoms with Crippen LogP contribution in [0.15, 0.2) is 0 Å². The van der Waals surface area contributed by atoms with Crippen LogP contribution in [-0.4, -0.2) is 37.2 Å². The van der Waals surface area contributed by atoms with Crippen molar-refractivity contribution in [3.63, 3.8) is 0 Å². The van der Waals surface area contributed by atoms with Crippen molar-refractivity contribution in [2.45, 2.75) is 57.8 Å². The molecule has 78 valence electrons. The molecule has 0 aromatic carbocycles. The molecule has 0 bridgehead atoms. The van der Waals surface area contributed by atoms with E-state index in [1.54, 1.807) is 0 Å². The normalized spacial score (nSPS) is 30.0. The Hall–Kier alpha value is -0.0800. The highest BCUT2D eigenvalue weighted by Gasteiger charge is 2.23. The first kappa shape index (κ1) is 11.0. The SMILES string of the molecule is CC(C)O[C@H]1CC[C@@H](N(C)C)CC1. The van der Waals surface area contributed by atoms with Crippen LogP contribution in [0.4, 0.5) is 0 Å². The molecular formula is C11H23NO. The highest BCUT2D eigenvalue weighted by Crippen LogP contribution is 2.24. The van der Waals surface area contributed by atoms with E-state index in [0.29, 0.717) is 12.2 Å². The van der Waals surface area contributed by atoms with Crippen LogP contribution in [0, 0.1) is 0 Å². The van der Waals surface area contributed by atoms with E-state index in [0.717, 1.165) is 6.04 Å². The fourth-order valence-electron chi connectivity index (χ4n) is 2.08. The van der Waals surface area contributed by atoms with Gasteiger partial charge in [-0.05, 0) is 53.6 Å². The second-order valence-electron chi connectivity index (χ2n) is 4.58. The van der Waals surface area contributed by atoms with E-state index in [1.807, 2.05) is 0 Å². The van der Waals surface area contributed by atoms with Gasteiger partial charge in [-0.25, -0.2) is 0 Å². The highest BCUT2D eigenvalue weighted by atomic mass is 16.5. The topological polar surface area (TPSA) is 12.5 Å². The molecule has 0 aromatic heterocycles. The van der Waals surface area contributed by atoms with Gasteiger partial charge in [-0.2, -0.15) is 0 Å². The van der Waals surface area contributed by atoms with Gasteiger partial charge in [-0.3, -0.25) is 0 Å². The molecule has 0 spiro atoms. The molecule has 0 aromatic rings. The van der Waals surface area contributed by atoms with Crippen LogP contribution >= 0.6 is 0 Å². The van der Waals surface area contributed by atoms with Gasteiger partial charge in [0.25, 0.3) is 0 Å². The van der Waals surface area contributed by atoms with Crippen molar-refractivity contribution in [1.29, 1.82) is 0 Å². The van der Waals surface area contributed by atoms with Crippen LogP contribution in [0.3, 0.4) is 0 Å². The van der Waals surface area contributed by atoms with Crippen LogP contribution in [0.25, 0.3) is 0 Å². The lowest BCUT2D eigenvalue weighted by atomic mass is 9.92. The van der Waals surface area contributed by atoms with E-state index in [4.69, 9.17) is 4.74 Å². The largest absolute Gasteiger partial charge is 0.376 e. The predicted molar refractivity (Wildman–Crippen MR) is 56.0 cm³/mol. The molecule has 0 atom stereocenters. The molecular weight excluding hydrogens is 162 g/mol. The summed E-state index contributed by atoms with van der Waals surface area (Å²) in [7, 11) is 4.35. The van der Waals surface area contributed by atoms with Crippen molar-refractivity contribution in [1.82, 2.24) is 4.90 Å². The summed E-state index contributed by atoms with van der Waals surface area (Å²) in [6.07, 6.45) is 5.98. The number of ether oxygens (including phenoxy) is 1. The second kappa shape index (κ2) is 4.97. The Morgan fingerprint density at radius 3 is 2.00 bits per heavy atom. The smallest absolute Gasteiger partial charge is 0.0579 e. The van der Waals surface area contributed by atoms with E-state index in [1.165, 1.54) is 25.7 Å². The van der Waals surface area contributed by atoms with Crippen LogP contribution in [0.5, 0.6) is 0 Å². The highest BCUT2D eigenvalue weighted by molar-refractivity contribution is 4.77. The summed E-state index contributed by atoms with van der Waals surface area (Å²) in [5, 5.41) is 0. The molecule has 0 radical (unpaired) electrons. The molecule has 1 saturated carbocycles. The molecule has 0 amide bonds. The Morgan fingerprint density at radius 2 is 1.62 bits per heavy atom. The maximum atomic E-state index is 5.80. The van der Waals surface area contributed by atoms with E-state index < -0.39 is 0 Å². The number of hydrogen-bond donors (Lipinski definition) is 0. The summed E-state index contributed by atoms with van der Waals surface area (Å²) in [6, 6.07) is 0.784. The van der Waals surface area contributed by atoms with Crippen LogP contribution < -0.4 is 0 Å². The first-order chi connectivity index (χ1) is 6.09. The van der Waals surface area contributed by atoms with Crippen molar-refractivity contribution >= 4 is 0 Å². The molecule has 13 heavy (non-hydrogen) atoms. The summed E-state index contributed by atoms with van der Waals surface area (Å²) >= 11 is 0. The molecule has 2 heteroatoms. The predicted octanol–water partition coefficient (Wildman–Crippen LogP) is 2.28. The molecule has 0 aliphatic heterocycles. The van der Waals surface area contributed by atoms with Crippen molar-refractivity contribution in [3.05, 3.63) is 0 Å². The van der Waals surface area contributed by atoms with E-state index in [9.17, 15) is 0 Å². The first-order valence-corrected chi connectivity index (χ1v) is 5.41. The van der Waals surface area contributed by atoms with Gasteiger partial charge in [0.15, 0.2) is 0 Å². The quantitative estimate of drug-likeness (QED) is 0.669. The lowest BCUT2D eigenvalue weighted by Gasteiger charge is -2.33. The molecule has 2 nitrogen and oxygen atoms in total. The van der Waals surface area contributed by atoms with Gasteiger partial charge in [-0.15, -0.1) is 0 Å². The van der Waals surface area contributed by atoms with Gasteiger partial charge in [0.05, 0.1) is 12.2 Å². The van der Waals surface area contributed by atoms with Gasteiger partial charge in [-0.1, -0.05) is 0 Å². The molecule has 1 aliphatic carbocycles. The van der Waals surface area contributed by atoms with Crippen LogP contribution in [0.2, 0.25) is 0 Å². The average Bonchev–Trinajstić information content (AvgIpc) is 2.04. The van der Waals surface area contributed by atoms with Gasteiger partial charge >= 0.3 is 0 Å². The summed E-state index contributed by atoms with van der Waals surface area (Å²) in [6.45, 7) is 4.25. The second-order valence-corrected chi connectivity index (χ2v) is 4.58. The Morgan fingerprint density at radius 1 is 1.08 bits per heavy atom. The minimum Gasteiger partial charge on any atom is -0.376 e. The Kier molecular flexibility index (Phi) is 4.20. The Labute approximate surface area is 82.3 Å². The number of hydrogen-bond acceptors (Lipinski definition) is 2. The average molecular weight is 185 g/mol. The maximum Gasteiger partial charge on any atom is 0.0579 e. The molecule has 1 rings (SSSR count). The summed E-state index contributed by atoms with van der Waals surface area (Å²) in [5.41, 5.74) is 0. The van der Waals surface area contributed by atoms with E-state index >= 15 is 0 Å². The van der Waals surface area contributed by atoms with Gasteiger partial charge in [0.2, 0.25) is 0 Å². The third-order valence-electron chi connectivity index (χ3n) is 2.84. The fraction of sp³-hybridized carbons (Fsp3) is 1.00. The van der Waals surface area contributed by atoms with E-state index in [-0.39, 0.29) is 0 Å².